The second kappa shape index (κ2) is 7.48. The Balaban J connectivity index is 1.83. The molecule has 0 aliphatic carbocycles. The Hall–Kier alpha value is -3.35. The lowest BCUT2D eigenvalue weighted by Crippen LogP contribution is -2.24. The van der Waals surface area contributed by atoms with Gasteiger partial charge in [0.2, 0.25) is 11.8 Å². The van der Waals surface area contributed by atoms with E-state index in [-0.39, 0.29) is 12.7 Å². The van der Waals surface area contributed by atoms with Crippen LogP contribution in [0.25, 0.3) is 21.9 Å². The van der Waals surface area contributed by atoms with Crippen LogP contribution in [0, 0.1) is 11.3 Å². The molecule has 0 bridgehead atoms. The first kappa shape index (κ1) is 19.9. The van der Waals surface area contributed by atoms with Gasteiger partial charge in [0, 0.05) is 11.6 Å². The number of aliphatic hydroxyl groups is 1. The topological polar surface area (TPSA) is 114 Å². The van der Waals surface area contributed by atoms with Crippen LogP contribution in [0.3, 0.4) is 0 Å². The second-order valence-corrected chi connectivity index (χ2v) is 7.57. The minimum absolute atomic E-state index is 0.281. The van der Waals surface area contributed by atoms with Crippen molar-refractivity contribution < 1.29 is 9.84 Å². The maximum Gasteiger partial charge on any atom is 0.232 e. The summed E-state index contributed by atoms with van der Waals surface area (Å²) in [5.74, 6) is 0.617. The van der Waals surface area contributed by atoms with Crippen molar-refractivity contribution in [2.45, 2.75) is 33.0 Å². The highest BCUT2D eigenvalue weighted by atomic mass is 35.5. The fourth-order valence-electron chi connectivity index (χ4n) is 3.29. The summed E-state index contributed by atoms with van der Waals surface area (Å²) >= 11 is 6.30. The first-order valence-electron chi connectivity index (χ1n) is 9.35. The average molecular weight is 426 g/mol. The molecular weight excluding hydrogens is 406 g/mol. The summed E-state index contributed by atoms with van der Waals surface area (Å²) < 4.78 is 8.86. The Bertz CT molecular complexity index is 1290. The number of nitrogens with zero attached hydrogens (tertiary/aromatic N) is 6. The van der Waals surface area contributed by atoms with Gasteiger partial charge < -0.3 is 19.7 Å². The third-order valence-corrected chi connectivity index (χ3v) is 5.02. The Morgan fingerprint density at radius 2 is 2.13 bits per heavy atom. The molecule has 1 aromatic carbocycles. The second-order valence-electron chi connectivity index (χ2n) is 7.16. The highest BCUT2D eigenvalue weighted by Crippen LogP contribution is 2.34. The number of hydrogen-bond acceptors (Lipinski definition) is 7. The third-order valence-electron chi connectivity index (χ3n) is 4.73. The number of anilines is 2. The molecule has 0 aliphatic rings. The van der Waals surface area contributed by atoms with E-state index in [0.717, 1.165) is 16.6 Å². The molecule has 0 atom stereocenters. The van der Waals surface area contributed by atoms with E-state index >= 15 is 0 Å². The summed E-state index contributed by atoms with van der Waals surface area (Å²) in [4.78, 5) is 8.99. The molecule has 9 nitrogen and oxygen atoms in total. The number of ether oxygens (including phenoxy) is 1. The molecule has 4 rings (SSSR count). The number of nitrogens with one attached hydrogen (secondary N) is 1. The molecule has 154 valence electrons. The van der Waals surface area contributed by atoms with Crippen LogP contribution in [0.5, 0.6) is 5.88 Å². The molecule has 0 spiro atoms. The molecule has 0 fully saturated rings. The normalized spacial score (nSPS) is 11.7. The number of benzene rings is 1. The van der Waals surface area contributed by atoms with Crippen molar-refractivity contribution in [3.05, 3.63) is 35.6 Å². The first-order valence-corrected chi connectivity index (χ1v) is 9.73. The standard InChI is InChI=1S/C20H20ClN7O2/c1-4-30-18-16-13(21)9-27(11-29)17(16)25-19(26-18)24-14-6-5-7-15-12(14)8-23-28(15)20(2,3)10-22/h5-9,29H,4,11H2,1-3H3,(H,24,25,26). The highest BCUT2D eigenvalue weighted by molar-refractivity contribution is 6.36. The summed E-state index contributed by atoms with van der Waals surface area (Å²) in [6.07, 6.45) is 3.29. The summed E-state index contributed by atoms with van der Waals surface area (Å²) in [5, 5.41) is 28.5. The number of fused-ring (bicyclic) bond motifs is 2. The maximum absolute atomic E-state index is 9.64. The average Bonchev–Trinajstić information content (AvgIpc) is 3.31. The van der Waals surface area contributed by atoms with Gasteiger partial charge in [0.25, 0.3) is 0 Å². The maximum atomic E-state index is 9.64. The van der Waals surface area contributed by atoms with Crippen LogP contribution in [-0.4, -0.2) is 36.0 Å². The number of halogens is 1. The number of aliphatic hydroxyl groups excluding tert-OH is 1. The smallest absolute Gasteiger partial charge is 0.232 e. The van der Waals surface area contributed by atoms with E-state index in [9.17, 15) is 10.4 Å². The quantitative estimate of drug-likeness (QED) is 0.483. The SMILES string of the molecule is CCOc1nc(Nc2cccc3c2cnn3C(C)(C)C#N)nc2c1c(Cl)cn2CO. The largest absolute Gasteiger partial charge is 0.477 e. The Kier molecular flexibility index (Phi) is 4.97. The van der Waals surface area contributed by atoms with Crippen molar-refractivity contribution in [3.63, 3.8) is 0 Å². The lowest BCUT2D eigenvalue weighted by Gasteiger charge is -2.17. The molecule has 0 radical (unpaired) electrons. The molecule has 4 aromatic rings. The van der Waals surface area contributed by atoms with Crippen LogP contribution < -0.4 is 10.1 Å². The predicted molar refractivity (Wildman–Crippen MR) is 114 cm³/mol. The zero-order valence-electron chi connectivity index (χ0n) is 16.7. The monoisotopic (exact) mass is 425 g/mol. The molecule has 2 N–H and O–H groups in total. The molecule has 3 heterocycles. The van der Waals surface area contributed by atoms with E-state index < -0.39 is 5.54 Å². The first-order chi connectivity index (χ1) is 14.4. The summed E-state index contributed by atoms with van der Waals surface area (Å²) in [6.45, 7) is 5.58. The van der Waals surface area contributed by atoms with Crippen molar-refractivity contribution in [3.8, 4) is 11.9 Å². The van der Waals surface area contributed by atoms with Crippen LogP contribution in [0.15, 0.2) is 30.6 Å². The molecule has 30 heavy (non-hydrogen) atoms. The van der Waals surface area contributed by atoms with Gasteiger partial charge in [0.15, 0.2) is 5.65 Å². The van der Waals surface area contributed by atoms with Crippen LogP contribution in [0.1, 0.15) is 20.8 Å². The van der Waals surface area contributed by atoms with E-state index in [1.165, 1.54) is 4.57 Å². The molecule has 0 saturated carbocycles. The van der Waals surface area contributed by atoms with Gasteiger partial charge in [-0.05, 0) is 32.9 Å². The zero-order valence-corrected chi connectivity index (χ0v) is 17.5. The number of hydrogen-bond donors (Lipinski definition) is 2. The summed E-state index contributed by atoms with van der Waals surface area (Å²) in [6, 6.07) is 7.90. The Morgan fingerprint density at radius 3 is 2.83 bits per heavy atom. The van der Waals surface area contributed by atoms with Crippen LogP contribution in [-0.2, 0) is 12.3 Å². The van der Waals surface area contributed by atoms with E-state index in [1.807, 2.05) is 25.1 Å². The van der Waals surface area contributed by atoms with Gasteiger partial charge >= 0.3 is 0 Å². The van der Waals surface area contributed by atoms with Gasteiger partial charge in [0.05, 0.1) is 40.5 Å². The summed E-state index contributed by atoms with van der Waals surface area (Å²) in [5.41, 5.74) is 1.19. The van der Waals surface area contributed by atoms with E-state index in [1.54, 1.807) is 30.9 Å². The van der Waals surface area contributed by atoms with E-state index in [4.69, 9.17) is 16.3 Å². The lowest BCUT2D eigenvalue weighted by molar-refractivity contribution is 0.215. The van der Waals surface area contributed by atoms with Gasteiger partial charge in [0.1, 0.15) is 12.3 Å². The van der Waals surface area contributed by atoms with Gasteiger partial charge in [-0.1, -0.05) is 17.7 Å². The number of rotatable bonds is 6. The molecule has 0 amide bonds. The molecule has 3 aromatic heterocycles. The van der Waals surface area contributed by atoms with Crippen molar-refractivity contribution in [1.82, 2.24) is 24.3 Å². The van der Waals surface area contributed by atoms with Crippen molar-refractivity contribution >= 4 is 45.2 Å². The Labute approximate surface area is 177 Å². The number of nitriles is 1. The summed E-state index contributed by atoms with van der Waals surface area (Å²) in [7, 11) is 0. The third kappa shape index (κ3) is 3.20. The minimum atomic E-state index is -0.795. The molecular formula is C20H20ClN7O2. The van der Waals surface area contributed by atoms with Gasteiger partial charge in [-0.25, -0.2) is 4.68 Å². The van der Waals surface area contributed by atoms with Crippen LogP contribution >= 0.6 is 11.6 Å². The molecule has 0 aliphatic heterocycles. The van der Waals surface area contributed by atoms with E-state index in [0.29, 0.717) is 28.5 Å². The van der Waals surface area contributed by atoms with Crippen molar-refractivity contribution in [1.29, 1.82) is 5.26 Å². The van der Waals surface area contributed by atoms with Crippen molar-refractivity contribution in [2.24, 2.45) is 0 Å². The fourth-order valence-corrected chi connectivity index (χ4v) is 3.57. The highest BCUT2D eigenvalue weighted by Gasteiger charge is 2.23. The predicted octanol–water partition coefficient (Wildman–Crippen LogP) is 3.79. The van der Waals surface area contributed by atoms with Crippen LogP contribution in [0.4, 0.5) is 11.6 Å². The zero-order chi connectivity index (χ0) is 21.5. The van der Waals surface area contributed by atoms with Gasteiger partial charge in [-0.2, -0.15) is 20.3 Å². The fraction of sp³-hybridized carbons (Fsp3) is 0.300. The van der Waals surface area contributed by atoms with E-state index in [2.05, 4.69) is 26.5 Å². The molecule has 10 heteroatoms. The Morgan fingerprint density at radius 1 is 1.33 bits per heavy atom. The lowest BCUT2D eigenvalue weighted by atomic mass is 10.1. The minimum Gasteiger partial charge on any atom is -0.477 e. The van der Waals surface area contributed by atoms with Crippen LogP contribution in [0.2, 0.25) is 5.02 Å². The van der Waals surface area contributed by atoms with Crippen molar-refractivity contribution in [2.75, 3.05) is 11.9 Å². The number of aromatic nitrogens is 5. The van der Waals surface area contributed by atoms with Gasteiger partial charge in [-0.3, -0.25) is 0 Å². The molecule has 0 unspecified atom stereocenters. The van der Waals surface area contributed by atoms with Gasteiger partial charge in [-0.15, -0.1) is 0 Å². The molecule has 0 saturated heterocycles.